The topological polar surface area (TPSA) is 92.4 Å². The fourth-order valence-electron chi connectivity index (χ4n) is 2.39. The molecule has 1 fully saturated rings. The number of unbranched alkanes of at least 4 members (excludes halogenated alkanes) is 1. The summed E-state index contributed by atoms with van der Waals surface area (Å²) >= 11 is 0. The monoisotopic (exact) mass is 256 g/mol. The summed E-state index contributed by atoms with van der Waals surface area (Å²) in [6.07, 6.45) is 5.55. The van der Waals surface area contributed by atoms with E-state index in [1.54, 1.807) is 0 Å². The summed E-state index contributed by atoms with van der Waals surface area (Å²) in [7, 11) is 0. The Bertz CT molecular complexity index is 273. The van der Waals surface area contributed by atoms with E-state index in [0.29, 0.717) is 25.4 Å². The fraction of sp³-hybridized carbons (Fsp3) is 0.846. The van der Waals surface area contributed by atoms with E-state index < -0.39 is 5.97 Å². The first kappa shape index (κ1) is 15.0. The average molecular weight is 256 g/mol. The third kappa shape index (κ3) is 5.49. The van der Waals surface area contributed by atoms with Crippen LogP contribution in [0.2, 0.25) is 0 Å². The van der Waals surface area contributed by atoms with Crippen molar-refractivity contribution in [2.45, 2.75) is 44.9 Å². The molecule has 1 aliphatic rings. The van der Waals surface area contributed by atoms with Gasteiger partial charge in [-0.2, -0.15) is 0 Å². The van der Waals surface area contributed by atoms with Gasteiger partial charge in [0.25, 0.3) is 0 Å². The maximum Gasteiger partial charge on any atom is 0.306 e. The van der Waals surface area contributed by atoms with Crippen LogP contribution in [0.15, 0.2) is 0 Å². The molecule has 1 amide bonds. The number of carbonyl (C=O) groups excluding carboxylic acids is 1. The van der Waals surface area contributed by atoms with E-state index in [0.717, 1.165) is 38.5 Å². The molecule has 18 heavy (non-hydrogen) atoms. The first-order valence-electron chi connectivity index (χ1n) is 6.83. The van der Waals surface area contributed by atoms with Crippen molar-refractivity contribution < 1.29 is 14.7 Å². The van der Waals surface area contributed by atoms with Crippen LogP contribution in [0.1, 0.15) is 44.9 Å². The molecule has 5 nitrogen and oxygen atoms in total. The molecule has 1 aliphatic carbocycles. The van der Waals surface area contributed by atoms with Crippen molar-refractivity contribution in [3.05, 3.63) is 0 Å². The van der Waals surface area contributed by atoms with Gasteiger partial charge in [0.1, 0.15) is 0 Å². The Morgan fingerprint density at radius 2 is 1.83 bits per heavy atom. The van der Waals surface area contributed by atoms with E-state index in [1.165, 1.54) is 0 Å². The summed E-state index contributed by atoms with van der Waals surface area (Å²) in [6.45, 7) is 1.32. The van der Waals surface area contributed by atoms with Gasteiger partial charge in [-0.15, -0.1) is 0 Å². The third-order valence-electron chi connectivity index (χ3n) is 3.64. The molecule has 0 aromatic rings. The first-order chi connectivity index (χ1) is 8.63. The summed E-state index contributed by atoms with van der Waals surface area (Å²) in [5.41, 5.74) is 5.36. The minimum absolute atomic E-state index is 0.0869. The van der Waals surface area contributed by atoms with Crippen molar-refractivity contribution >= 4 is 11.9 Å². The van der Waals surface area contributed by atoms with Crippen molar-refractivity contribution in [1.82, 2.24) is 5.32 Å². The zero-order chi connectivity index (χ0) is 13.4. The highest BCUT2D eigenvalue weighted by atomic mass is 16.4. The molecule has 104 valence electrons. The molecule has 0 heterocycles. The van der Waals surface area contributed by atoms with Gasteiger partial charge < -0.3 is 16.2 Å². The van der Waals surface area contributed by atoms with Crippen molar-refractivity contribution in [2.75, 3.05) is 13.1 Å². The van der Waals surface area contributed by atoms with Crippen molar-refractivity contribution in [1.29, 1.82) is 0 Å². The van der Waals surface area contributed by atoms with E-state index in [-0.39, 0.29) is 11.8 Å². The molecule has 0 saturated heterocycles. The van der Waals surface area contributed by atoms with Gasteiger partial charge in [0.05, 0.1) is 5.92 Å². The Labute approximate surface area is 108 Å². The third-order valence-corrected chi connectivity index (χ3v) is 3.64. The Balaban J connectivity index is 2.10. The zero-order valence-corrected chi connectivity index (χ0v) is 10.9. The predicted molar refractivity (Wildman–Crippen MR) is 69.0 cm³/mol. The second kappa shape index (κ2) is 8.08. The van der Waals surface area contributed by atoms with Crippen molar-refractivity contribution in [3.8, 4) is 0 Å². The molecule has 1 rings (SSSR count). The maximum absolute atomic E-state index is 11.5. The molecule has 0 bridgehead atoms. The largest absolute Gasteiger partial charge is 0.481 e. The number of rotatable bonds is 7. The molecule has 0 unspecified atom stereocenters. The Morgan fingerprint density at radius 1 is 1.17 bits per heavy atom. The van der Waals surface area contributed by atoms with Gasteiger partial charge in [-0.05, 0) is 51.0 Å². The second-order valence-corrected chi connectivity index (χ2v) is 5.11. The van der Waals surface area contributed by atoms with Gasteiger partial charge in [-0.3, -0.25) is 9.59 Å². The van der Waals surface area contributed by atoms with E-state index >= 15 is 0 Å². The van der Waals surface area contributed by atoms with E-state index in [4.69, 9.17) is 10.8 Å². The average Bonchev–Trinajstić information content (AvgIpc) is 2.37. The van der Waals surface area contributed by atoms with Crippen LogP contribution in [-0.4, -0.2) is 30.1 Å². The minimum Gasteiger partial charge on any atom is -0.481 e. The molecule has 0 spiro atoms. The zero-order valence-electron chi connectivity index (χ0n) is 10.9. The fourth-order valence-corrected chi connectivity index (χ4v) is 2.39. The number of aliphatic carboxylic acids is 1. The molecular formula is C13H24N2O3. The number of carbonyl (C=O) groups is 2. The lowest BCUT2D eigenvalue weighted by molar-refractivity contribution is -0.143. The molecule has 0 aromatic heterocycles. The number of nitrogens with one attached hydrogen (secondary N) is 1. The van der Waals surface area contributed by atoms with Crippen molar-refractivity contribution in [3.63, 3.8) is 0 Å². The van der Waals surface area contributed by atoms with Crippen LogP contribution < -0.4 is 11.1 Å². The van der Waals surface area contributed by atoms with Crippen LogP contribution in [0.25, 0.3) is 0 Å². The van der Waals surface area contributed by atoms with Gasteiger partial charge in [-0.25, -0.2) is 0 Å². The van der Waals surface area contributed by atoms with Crippen molar-refractivity contribution in [2.24, 2.45) is 17.6 Å². The molecule has 4 N–H and O–H groups in total. The van der Waals surface area contributed by atoms with Gasteiger partial charge in [0.2, 0.25) is 5.91 Å². The second-order valence-electron chi connectivity index (χ2n) is 5.11. The van der Waals surface area contributed by atoms with Crippen LogP contribution >= 0.6 is 0 Å². The normalized spacial score (nSPS) is 23.6. The maximum atomic E-state index is 11.5. The molecule has 0 atom stereocenters. The summed E-state index contributed by atoms with van der Waals surface area (Å²) in [4.78, 5) is 22.3. The molecule has 1 saturated carbocycles. The number of carboxylic acid groups (broad SMARTS) is 1. The minimum atomic E-state index is -0.681. The number of hydrogen-bond acceptors (Lipinski definition) is 3. The van der Waals surface area contributed by atoms with Gasteiger partial charge in [0.15, 0.2) is 0 Å². The predicted octanol–water partition coefficient (Wildman–Crippen LogP) is 1.12. The number of hydrogen-bond donors (Lipinski definition) is 3. The SMILES string of the molecule is NCCCCC(=O)NCC1CCC(C(=O)O)CC1. The van der Waals surface area contributed by atoms with Gasteiger partial charge >= 0.3 is 5.97 Å². The van der Waals surface area contributed by atoms with E-state index in [9.17, 15) is 9.59 Å². The van der Waals surface area contributed by atoms with Crippen LogP contribution in [0.4, 0.5) is 0 Å². The quantitative estimate of drug-likeness (QED) is 0.595. The highest BCUT2D eigenvalue weighted by Gasteiger charge is 2.25. The van der Waals surface area contributed by atoms with Gasteiger partial charge in [0, 0.05) is 13.0 Å². The lowest BCUT2D eigenvalue weighted by Gasteiger charge is -2.26. The summed E-state index contributed by atoms with van der Waals surface area (Å²) in [5, 5.41) is 11.8. The lowest BCUT2D eigenvalue weighted by Crippen LogP contribution is -2.32. The van der Waals surface area contributed by atoms with Gasteiger partial charge in [-0.1, -0.05) is 0 Å². The van der Waals surface area contributed by atoms with Crippen LogP contribution in [0.3, 0.4) is 0 Å². The summed E-state index contributed by atoms with van der Waals surface area (Å²) in [5.74, 6) is -0.330. The van der Waals surface area contributed by atoms with Crippen LogP contribution in [-0.2, 0) is 9.59 Å². The molecule has 5 heteroatoms. The summed E-state index contributed by atoms with van der Waals surface area (Å²) in [6, 6.07) is 0. The number of nitrogens with two attached hydrogens (primary N) is 1. The number of amides is 1. The van der Waals surface area contributed by atoms with Crippen LogP contribution in [0, 0.1) is 11.8 Å². The lowest BCUT2D eigenvalue weighted by atomic mass is 9.82. The standard InChI is InChI=1S/C13H24N2O3/c14-8-2-1-3-12(16)15-9-10-4-6-11(7-5-10)13(17)18/h10-11H,1-9,14H2,(H,15,16)(H,17,18). The van der Waals surface area contributed by atoms with Crippen LogP contribution in [0.5, 0.6) is 0 Å². The first-order valence-corrected chi connectivity index (χ1v) is 6.83. The smallest absolute Gasteiger partial charge is 0.306 e. The Kier molecular flexibility index (Phi) is 6.72. The molecule has 0 aromatic carbocycles. The summed E-state index contributed by atoms with van der Waals surface area (Å²) < 4.78 is 0. The molecule has 0 aliphatic heterocycles. The highest BCUT2D eigenvalue weighted by molar-refractivity contribution is 5.75. The number of carboxylic acids is 1. The van der Waals surface area contributed by atoms with E-state index in [2.05, 4.69) is 5.32 Å². The molecular weight excluding hydrogens is 232 g/mol. The molecule has 0 radical (unpaired) electrons. The Morgan fingerprint density at radius 3 is 2.39 bits per heavy atom. The van der Waals surface area contributed by atoms with E-state index in [1.807, 2.05) is 0 Å². The highest BCUT2D eigenvalue weighted by Crippen LogP contribution is 2.28. The Hall–Kier alpha value is -1.10.